The zero-order chi connectivity index (χ0) is 16.5. The van der Waals surface area contributed by atoms with E-state index in [0.29, 0.717) is 23.7 Å². The fourth-order valence-corrected chi connectivity index (χ4v) is 5.95. The molecule has 0 saturated heterocycles. The van der Waals surface area contributed by atoms with Crippen LogP contribution in [0.5, 0.6) is 0 Å². The van der Waals surface area contributed by atoms with Crippen LogP contribution in [0.4, 0.5) is 10.1 Å². The number of anilines is 1. The molecule has 2 N–H and O–H groups in total. The molecular weight excluding hydrogens is 315 g/mol. The van der Waals surface area contributed by atoms with Crippen LogP contribution in [-0.4, -0.2) is 15.2 Å². The molecule has 3 aromatic rings. The minimum atomic E-state index is -0.200. The van der Waals surface area contributed by atoms with Gasteiger partial charge < -0.3 is 5.32 Å². The zero-order valence-electron chi connectivity index (χ0n) is 13.7. The van der Waals surface area contributed by atoms with E-state index in [1.54, 1.807) is 6.20 Å². The SMILES string of the molecule is Fc1cnccc1[C@@H]1Nc2ccc3[nH]ncc3c2[C@H]2[C@@H]3CC[C@@H](C3)[C@H]21. The lowest BCUT2D eigenvalue weighted by Gasteiger charge is -2.43. The Bertz CT molecular complexity index is 981. The van der Waals surface area contributed by atoms with Gasteiger partial charge in [-0.05, 0) is 66.7 Å². The van der Waals surface area contributed by atoms with Crippen molar-refractivity contribution < 1.29 is 4.39 Å². The van der Waals surface area contributed by atoms with Crippen molar-refractivity contribution in [3.63, 3.8) is 0 Å². The van der Waals surface area contributed by atoms with Gasteiger partial charge in [0.1, 0.15) is 5.82 Å². The average molecular weight is 334 g/mol. The summed E-state index contributed by atoms with van der Waals surface area (Å²) in [6.07, 6.45) is 8.84. The molecule has 0 radical (unpaired) electrons. The van der Waals surface area contributed by atoms with E-state index < -0.39 is 0 Å². The Morgan fingerprint density at radius 3 is 2.92 bits per heavy atom. The highest BCUT2D eigenvalue weighted by atomic mass is 19.1. The second-order valence-corrected chi connectivity index (χ2v) is 7.81. The number of rotatable bonds is 1. The van der Waals surface area contributed by atoms with E-state index in [1.165, 1.54) is 36.4 Å². The lowest BCUT2D eigenvalue weighted by molar-refractivity contribution is 0.246. The number of halogens is 1. The quantitative estimate of drug-likeness (QED) is 0.694. The van der Waals surface area contributed by atoms with Gasteiger partial charge in [0.05, 0.1) is 24.0 Å². The maximum Gasteiger partial charge on any atom is 0.146 e. The highest BCUT2D eigenvalue weighted by Crippen LogP contribution is 2.64. The summed E-state index contributed by atoms with van der Waals surface area (Å²) in [5.41, 5.74) is 4.39. The fraction of sp³-hybridized carbons (Fsp3) is 0.400. The Morgan fingerprint density at radius 2 is 2.00 bits per heavy atom. The first-order chi connectivity index (χ1) is 12.3. The normalized spacial score (nSPS) is 32.4. The first kappa shape index (κ1) is 13.8. The number of hydrogen-bond acceptors (Lipinski definition) is 3. The maximum atomic E-state index is 14.5. The highest BCUT2D eigenvalue weighted by molar-refractivity contribution is 5.88. The van der Waals surface area contributed by atoms with E-state index in [4.69, 9.17) is 0 Å². The van der Waals surface area contributed by atoms with Gasteiger partial charge in [-0.1, -0.05) is 0 Å². The molecule has 3 aliphatic rings. The summed E-state index contributed by atoms with van der Waals surface area (Å²) >= 11 is 0. The van der Waals surface area contributed by atoms with Gasteiger partial charge >= 0.3 is 0 Å². The van der Waals surface area contributed by atoms with Gasteiger partial charge in [0.25, 0.3) is 0 Å². The summed E-state index contributed by atoms with van der Waals surface area (Å²) in [5.74, 6) is 2.13. The summed E-state index contributed by atoms with van der Waals surface area (Å²) in [5, 5.41) is 12.3. The molecular formula is C20H19FN4. The van der Waals surface area contributed by atoms with Crippen LogP contribution in [0.25, 0.3) is 10.9 Å². The smallest absolute Gasteiger partial charge is 0.146 e. The molecule has 2 fully saturated rings. The van der Waals surface area contributed by atoms with E-state index in [9.17, 15) is 4.39 Å². The van der Waals surface area contributed by atoms with Gasteiger partial charge in [0, 0.05) is 22.8 Å². The van der Waals surface area contributed by atoms with Crippen LogP contribution in [0.15, 0.2) is 36.8 Å². The summed E-state index contributed by atoms with van der Waals surface area (Å²) in [7, 11) is 0. The number of nitrogens with zero attached hydrogens (tertiary/aromatic N) is 2. The first-order valence-corrected chi connectivity index (χ1v) is 9.13. The van der Waals surface area contributed by atoms with Crippen LogP contribution < -0.4 is 5.32 Å². The number of benzene rings is 1. The van der Waals surface area contributed by atoms with Crippen LogP contribution >= 0.6 is 0 Å². The van der Waals surface area contributed by atoms with E-state index in [-0.39, 0.29) is 11.9 Å². The average Bonchev–Trinajstić information content (AvgIpc) is 3.37. The third-order valence-corrected chi connectivity index (χ3v) is 6.81. The summed E-state index contributed by atoms with van der Waals surface area (Å²) in [4.78, 5) is 3.94. The van der Waals surface area contributed by atoms with Crippen molar-refractivity contribution in [2.75, 3.05) is 5.32 Å². The molecule has 6 rings (SSSR count). The van der Waals surface area contributed by atoms with Gasteiger partial charge in [-0.2, -0.15) is 5.10 Å². The van der Waals surface area contributed by atoms with Crippen LogP contribution in [0.2, 0.25) is 0 Å². The maximum absolute atomic E-state index is 14.5. The van der Waals surface area contributed by atoms with Crippen LogP contribution in [0.3, 0.4) is 0 Å². The number of aromatic nitrogens is 3. The van der Waals surface area contributed by atoms with Crippen LogP contribution in [-0.2, 0) is 0 Å². The Morgan fingerprint density at radius 1 is 1.08 bits per heavy atom. The third kappa shape index (κ3) is 1.76. The molecule has 2 aromatic heterocycles. The summed E-state index contributed by atoms with van der Waals surface area (Å²) in [6, 6.07) is 6.07. The second-order valence-electron chi connectivity index (χ2n) is 7.81. The van der Waals surface area contributed by atoms with Crippen molar-refractivity contribution in [1.82, 2.24) is 15.2 Å². The Hall–Kier alpha value is -2.43. The van der Waals surface area contributed by atoms with Gasteiger partial charge in [-0.25, -0.2) is 4.39 Å². The standard InChI is InChI=1S/C20H19FN4/c21-14-9-22-6-5-12(14)20-18-11-2-1-10(7-11)17(18)19-13-8-23-25-15(13)3-4-16(19)24-20/h3-6,8-11,17-18,20,24H,1-2,7H2,(H,23,25)/t10-,11+,17+,18-,20+/m1/s1. The van der Waals surface area contributed by atoms with Crippen molar-refractivity contribution >= 4 is 16.6 Å². The number of pyridine rings is 1. The predicted molar refractivity (Wildman–Crippen MR) is 93.7 cm³/mol. The Kier molecular flexibility index (Phi) is 2.66. The monoisotopic (exact) mass is 334 g/mol. The highest BCUT2D eigenvalue weighted by Gasteiger charge is 2.54. The third-order valence-electron chi connectivity index (χ3n) is 6.81. The minimum absolute atomic E-state index is 0.0279. The van der Waals surface area contributed by atoms with Crippen molar-refractivity contribution in [2.45, 2.75) is 31.2 Å². The Balaban J connectivity index is 1.58. The Labute approximate surface area is 144 Å². The van der Waals surface area contributed by atoms with Gasteiger partial charge in [0.2, 0.25) is 0 Å². The molecule has 5 heteroatoms. The lowest BCUT2D eigenvalue weighted by Crippen LogP contribution is -2.36. The number of nitrogens with one attached hydrogen (secondary N) is 2. The number of H-pyrrole nitrogens is 1. The molecule has 3 heterocycles. The predicted octanol–water partition coefficient (Wildman–Crippen LogP) is 4.39. The van der Waals surface area contributed by atoms with Crippen LogP contribution in [0, 0.1) is 23.6 Å². The molecule has 126 valence electrons. The molecule has 0 unspecified atom stereocenters. The topological polar surface area (TPSA) is 53.6 Å². The molecule has 0 spiro atoms. The van der Waals surface area contributed by atoms with Crippen molar-refractivity contribution in [1.29, 1.82) is 0 Å². The number of hydrogen-bond donors (Lipinski definition) is 2. The largest absolute Gasteiger partial charge is 0.378 e. The van der Waals surface area contributed by atoms with Crippen molar-refractivity contribution in [3.05, 3.63) is 53.7 Å². The van der Waals surface area contributed by atoms with E-state index in [1.807, 2.05) is 12.3 Å². The van der Waals surface area contributed by atoms with Crippen molar-refractivity contribution in [2.24, 2.45) is 17.8 Å². The first-order valence-electron chi connectivity index (χ1n) is 9.13. The fourth-order valence-electron chi connectivity index (χ4n) is 5.95. The van der Waals surface area contributed by atoms with Crippen molar-refractivity contribution in [3.8, 4) is 0 Å². The summed E-state index contributed by atoms with van der Waals surface area (Å²) < 4.78 is 14.5. The number of aromatic amines is 1. The number of fused-ring (bicyclic) bond motifs is 9. The molecule has 4 nitrogen and oxygen atoms in total. The molecule has 1 aromatic carbocycles. The lowest BCUT2D eigenvalue weighted by atomic mass is 9.67. The summed E-state index contributed by atoms with van der Waals surface area (Å²) in [6.45, 7) is 0. The molecule has 2 aliphatic carbocycles. The van der Waals surface area contributed by atoms with Gasteiger partial charge in [-0.3, -0.25) is 10.1 Å². The minimum Gasteiger partial charge on any atom is -0.378 e. The molecule has 25 heavy (non-hydrogen) atoms. The molecule has 1 aliphatic heterocycles. The van der Waals surface area contributed by atoms with E-state index in [2.05, 4.69) is 32.6 Å². The molecule has 2 bridgehead atoms. The van der Waals surface area contributed by atoms with Crippen LogP contribution in [0.1, 0.15) is 42.3 Å². The second kappa shape index (κ2) is 4.81. The molecule has 5 atom stereocenters. The molecule has 2 saturated carbocycles. The van der Waals surface area contributed by atoms with Gasteiger partial charge in [0.15, 0.2) is 0 Å². The van der Waals surface area contributed by atoms with E-state index >= 15 is 0 Å². The van der Waals surface area contributed by atoms with Gasteiger partial charge in [-0.15, -0.1) is 0 Å². The van der Waals surface area contributed by atoms with E-state index in [0.717, 1.165) is 16.8 Å². The zero-order valence-corrected chi connectivity index (χ0v) is 13.7. The molecule has 0 amide bonds.